The third-order valence-corrected chi connectivity index (χ3v) is 2.62. The molecule has 2 rings (SSSR count). The predicted molar refractivity (Wildman–Crippen MR) is 61.2 cm³/mol. The van der Waals surface area contributed by atoms with Gasteiger partial charge in [0.25, 0.3) is 5.91 Å². The van der Waals surface area contributed by atoms with Gasteiger partial charge in [0.05, 0.1) is 5.57 Å². The van der Waals surface area contributed by atoms with Crippen molar-refractivity contribution in [1.29, 1.82) is 0 Å². The molecular formula is C13H13NO2. The fraction of sp³-hybridized carbons (Fsp3) is 0.231. The number of carbonyl (C=O) groups is 2. The van der Waals surface area contributed by atoms with Crippen molar-refractivity contribution in [1.82, 2.24) is 4.90 Å². The predicted octanol–water partition coefficient (Wildman–Crippen LogP) is 2.09. The number of hydrogen-bond acceptors (Lipinski definition) is 2. The summed E-state index contributed by atoms with van der Waals surface area (Å²) in [4.78, 5) is 24.3. The van der Waals surface area contributed by atoms with E-state index in [9.17, 15) is 9.59 Å². The summed E-state index contributed by atoms with van der Waals surface area (Å²) in [5.74, 6) is -0.249. The van der Waals surface area contributed by atoms with Gasteiger partial charge in [-0.15, -0.1) is 0 Å². The number of amides is 1. The second kappa shape index (κ2) is 4.31. The van der Waals surface area contributed by atoms with Crippen LogP contribution in [0.25, 0.3) is 0 Å². The van der Waals surface area contributed by atoms with Gasteiger partial charge in [-0.25, -0.2) is 0 Å². The molecule has 2 heterocycles. The topological polar surface area (TPSA) is 37.4 Å². The Labute approximate surface area is 94.4 Å². The van der Waals surface area contributed by atoms with Crippen molar-refractivity contribution in [2.24, 2.45) is 0 Å². The summed E-state index contributed by atoms with van der Waals surface area (Å²) in [6.45, 7) is 1.98. The lowest BCUT2D eigenvalue weighted by Crippen LogP contribution is -2.28. The summed E-state index contributed by atoms with van der Waals surface area (Å²) < 4.78 is 0. The first kappa shape index (κ1) is 10.6. The van der Waals surface area contributed by atoms with E-state index in [0.717, 1.165) is 24.1 Å². The van der Waals surface area contributed by atoms with Crippen LogP contribution in [0.15, 0.2) is 47.3 Å². The Balaban J connectivity index is 2.38. The largest absolute Gasteiger partial charge is 0.298 e. The molecule has 0 aromatic carbocycles. The van der Waals surface area contributed by atoms with Crippen LogP contribution in [0.2, 0.25) is 0 Å². The highest BCUT2D eigenvalue weighted by Gasteiger charge is 2.21. The van der Waals surface area contributed by atoms with Crippen LogP contribution >= 0.6 is 0 Å². The lowest BCUT2D eigenvalue weighted by atomic mass is 10.1. The van der Waals surface area contributed by atoms with Gasteiger partial charge in [-0.3, -0.25) is 14.5 Å². The van der Waals surface area contributed by atoms with Gasteiger partial charge in [-0.05, 0) is 37.5 Å². The molecule has 3 heteroatoms. The van der Waals surface area contributed by atoms with Crippen LogP contribution < -0.4 is 0 Å². The lowest BCUT2D eigenvalue weighted by Gasteiger charge is -2.24. The Hall–Kier alpha value is -1.90. The van der Waals surface area contributed by atoms with Crippen LogP contribution in [-0.4, -0.2) is 17.1 Å². The molecule has 2 aliphatic rings. The van der Waals surface area contributed by atoms with E-state index in [4.69, 9.17) is 0 Å². The SMILES string of the molecule is CC1=C/C2=C/CC/C=C(/C=O)C(=O)N2C=C1. The van der Waals surface area contributed by atoms with Crippen LogP contribution in [0.5, 0.6) is 0 Å². The minimum absolute atomic E-state index is 0.239. The van der Waals surface area contributed by atoms with Crippen LogP contribution in [0.1, 0.15) is 19.8 Å². The van der Waals surface area contributed by atoms with Crippen molar-refractivity contribution in [3.63, 3.8) is 0 Å². The number of fused-ring (bicyclic) bond motifs is 1. The molecule has 0 bridgehead atoms. The van der Waals surface area contributed by atoms with Crippen molar-refractivity contribution in [3.05, 3.63) is 47.3 Å². The summed E-state index contributed by atoms with van der Waals surface area (Å²) in [7, 11) is 0. The third-order valence-electron chi connectivity index (χ3n) is 2.62. The molecule has 0 saturated carbocycles. The van der Waals surface area contributed by atoms with Gasteiger partial charge in [-0.1, -0.05) is 12.2 Å². The Bertz CT molecular complexity index is 453. The summed E-state index contributed by atoms with van der Waals surface area (Å²) in [5.41, 5.74) is 2.20. The molecule has 0 aromatic heterocycles. The van der Waals surface area contributed by atoms with Crippen molar-refractivity contribution < 1.29 is 9.59 Å². The second-order valence-corrected chi connectivity index (χ2v) is 3.86. The molecule has 0 spiro atoms. The summed E-state index contributed by atoms with van der Waals surface area (Å²) >= 11 is 0. The van der Waals surface area contributed by atoms with Crippen LogP contribution in [0, 0.1) is 0 Å². The minimum Gasteiger partial charge on any atom is -0.298 e. The Morgan fingerprint density at radius 1 is 1.31 bits per heavy atom. The number of allylic oxidation sites excluding steroid dienone is 5. The monoisotopic (exact) mass is 215 g/mol. The number of hydrogen-bond donors (Lipinski definition) is 0. The second-order valence-electron chi connectivity index (χ2n) is 3.86. The zero-order valence-corrected chi connectivity index (χ0v) is 9.14. The van der Waals surface area contributed by atoms with E-state index in [1.807, 2.05) is 25.2 Å². The molecule has 0 atom stereocenters. The Kier molecular flexibility index (Phi) is 2.86. The van der Waals surface area contributed by atoms with Gasteiger partial charge in [0.2, 0.25) is 0 Å². The van der Waals surface area contributed by atoms with Crippen molar-refractivity contribution in [2.45, 2.75) is 19.8 Å². The molecule has 16 heavy (non-hydrogen) atoms. The summed E-state index contributed by atoms with van der Waals surface area (Å²) in [5, 5.41) is 0. The van der Waals surface area contributed by atoms with E-state index in [0.29, 0.717) is 6.29 Å². The van der Waals surface area contributed by atoms with E-state index in [1.165, 1.54) is 4.90 Å². The molecule has 0 unspecified atom stereocenters. The van der Waals surface area contributed by atoms with Crippen LogP contribution in [0.3, 0.4) is 0 Å². The van der Waals surface area contributed by atoms with E-state index in [-0.39, 0.29) is 11.5 Å². The molecular weight excluding hydrogens is 202 g/mol. The quantitative estimate of drug-likeness (QED) is 0.496. The van der Waals surface area contributed by atoms with Gasteiger partial charge >= 0.3 is 0 Å². The van der Waals surface area contributed by atoms with Gasteiger partial charge in [0.15, 0.2) is 6.29 Å². The maximum atomic E-state index is 12.0. The van der Waals surface area contributed by atoms with Gasteiger partial charge in [-0.2, -0.15) is 0 Å². The van der Waals surface area contributed by atoms with E-state index < -0.39 is 0 Å². The smallest absolute Gasteiger partial charge is 0.265 e. The number of nitrogens with zero attached hydrogens (tertiary/aromatic N) is 1. The number of carbonyl (C=O) groups excluding carboxylic acids is 2. The maximum Gasteiger partial charge on any atom is 0.265 e. The zero-order valence-electron chi connectivity index (χ0n) is 9.14. The molecule has 0 radical (unpaired) electrons. The third kappa shape index (κ3) is 1.89. The molecule has 82 valence electrons. The lowest BCUT2D eigenvalue weighted by molar-refractivity contribution is -0.124. The Morgan fingerprint density at radius 2 is 2.06 bits per heavy atom. The first-order valence-electron chi connectivity index (χ1n) is 5.28. The van der Waals surface area contributed by atoms with E-state index in [1.54, 1.807) is 12.3 Å². The molecule has 2 aliphatic heterocycles. The molecule has 0 fully saturated rings. The fourth-order valence-corrected chi connectivity index (χ4v) is 1.77. The van der Waals surface area contributed by atoms with E-state index >= 15 is 0 Å². The first-order valence-corrected chi connectivity index (χ1v) is 5.28. The highest BCUT2D eigenvalue weighted by molar-refractivity contribution is 6.11. The molecule has 0 aromatic rings. The molecule has 0 saturated heterocycles. The van der Waals surface area contributed by atoms with Crippen molar-refractivity contribution in [3.8, 4) is 0 Å². The molecule has 3 nitrogen and oxygen atoms in total. The van der Waals surface area contributed by atoms with Gasteiger partial charge in [0.1, 0.15) is 0 Å². The highest BCUT2D eigenvalue weighted by Crippen LogP contribution is 2.22. The molecule has 0 N–H and O–H groups in total. The Morgan fingerprint density at radius 3 is 2.81 bits per heavy atom. The normalized spacial score (nSPS) is 26.7. The van der Waals surface area contributed by atoms with E-state index in [2.05, 4.69) is 0 Å². The zero-order chi connectivity index (χ0) is 11.5. The average Bonchev–Trinajstić information content (AvgIpc) is 2.26. The average molecular weight is 215 g/mol. The van der Waals surface area contributed by atoms with Crippen molar-refractivity contribution >= 4 is 12.2 Å². The molecule has 0 aliphatic carbocycles. The maximum absolute atomic E-state index is 12.0. The number of rotatable bonds is 1. The highest BCUT2D eigenvalue weighted by atomic mass is 16.2. The first-order chi connectivity index (χ1) is 7.72. The minimum atomic E-state index is -0.249. The van der Waals surface area contributed by atoms with Crippen LogP contribution in [0.4, 0.5) is 0 Å². The van der Waals surface area contributed by atoms with Crippen LogP contribution in [-0.2, 0) is 9.59 Å². The summed E-state index contributed by atoms with van der Waals surface area (Å²) in [6, 6.07) is 0. The number of aldehydes is 1. The molecule has 1 amide bonds. The van der Waals surface area contributed by atoms with Gasteiger partial charge in [0, 0.05) is 11.9 Å². The standard InChI is InChI=1S/C13H13NO2/c1-10-6-7-14-12(8-10)5-3-2-4-11(9-15)13(14)16/h4-9H,2-3H2,1H3/b11-4-,12-5-. The fourth-order valence-electron chi connectivity index (χ4n) is 1.77. The van der Waals surface area contributed by atoms with Gasteiger partial charge < -0.3 is 0 Å². The van der Waals surface area contributed by atoms with Crippen molar-refractivity contribution in [2.75, 3.05) is 0 Å². The summed E-state index contributed by atoms with van der Waals surface area (Å²) in [6.07, 6.45) is 11.4.